The molecule has 1 aromatic carbocycles. The van der Waals surface area contributed by atoms with Crippen molar-refractivity contribution in [2.24, 2.45) is 0 Å². The van der Waals surface area contributed by atoms with Crippen LogP contribution in [-0.2, 0) is 0 Å². The molecule has 16 heavy (non-hydrogen) atoms. The van der Waals surface area contributed by atoms with Crippen molar-refractivity contribution in [3.63, 3.8) is 0 Å². The minimum Gasteiger partial charge on any atom is -0.493 e. The summed E-state index contributed by atoms with van der Waals surface area (Å²) < 4.78 is 5.56. The van der Waals surface area contributed by atoms with Crippen LogP contribution in [0.3, 0.4) is 0 Å². The van der Waals surface area contributed by atoms with Crippen molar-refractivity contribution in [3.8, 4) is 16.9 Å². The minimum atomic E-state index is 0.498. The van der Waals surface area contributed by atoms with Crippen LogP contribution in [0.1, 0.15) is 6.92 Å². The van der Waals surface area contributed by atoms with Gasteiger partial charge in [-0.15, -0.1) is 0 Å². The molecule has 0 amide bonds. The van der Waals surface area contributed by atoms with E-state index in [9.17, 15) is 0 Å². The molecule has 2 nitrogen and oxygen atoms in total. The van der Waals surface area contributed by atoms with Crippen LogP contribution in [0.4, 0.5) is 0 Å². The van der Waals surface area contributed by atoms with Crippen LogP contribution >= 0.6 is 11.6 Å². The first-order chi connectivity index (χ1) is 7.81. The maximum Gasteiger partial charge on any atom is 0.129 e. The second kappa shape index (κ2) is 4.99. The molecule has 0 atom stereocenters. The number of rotatable bonds is 3. The van der Waals surface area contributed by atoms with E-state index in [1.807, 2.05) is 37.3 Å². The molecule has 2 rings (SSSR count). The van der Waals surface area contributed by atoms with Crippen LogP contribution in [0.25, 0.3) is 11.1 Å². The highest BCUT2D eigenvalue weighted by atomic mass is 35.5. The van der Waals surface area contributed by atoms with Gasteiger partial charge in [0, 0.05) is 17.3 Å². The van der Waals surface area contributed by atoms with Crippen molar-refractivity contribution in [1.82, 2.24) is 4.98 Å². The Labute approximate surface area is 99.9 Å². The number of ether oxygens (including phenoxy) is 1. The van der Waals surface area contributed by atoms with Crippen LogP contribution < -0.4 is 4.74 Å². The van der Waals surface area contributed by atoms with E-state index in [-0.39, 0.29) is 0 Å². The van der Waals surface area contributed by atoms with Gasteiger partial charge in [-0.2, -0.15) is 0 Å². The number of pyridine rings is 1. The predicted octanol–water partition coefficient (Wildman–Crippen LogP) is 3.80. The van der Waals surface area contributed by atoms with Crippen LogP contribution in [0.5, 0.6) is 5.75 Å². The van der Waals surface area contributed by atoms with Crippen molar-refractivity contribution in [1.29, 1.82) is 0 Å². The molecule has 0 fully saturated rings. The lowest BCUT2D eigenvalue weighted by Gasteiger charge is -2.09. The second-order valence-corrected chi connectivity index (χ2v) is 3.69. The molecule has 82 valence electrons. The van der Waals surface area contributed by atoms with Crippen molar-refractivity contribution in [2.45, 2.75) is 6.92 Å². The van der Waals surface area contributed by atoms with E-state index in [0.29, 0.717) is 11.8 Å². The normalized spacial score (nSPS) is 10.1. The lowest BCUT2D eigenvalue weighted by molar-refractivity contribution is 0.341. The third-order valence-electron chi connectivity index (χ3n) is 2.23. The molecule has 0 bridgehead atoms. The van der Waals surface area contributed by atoms with Crippen molar-refractivity contribution >= 4 is 11.6 Å². The zero-order chi connectivity index (χ0) is 11.4. The predicted molar refractivity (Wildman–Crippen MR) is 65.9 cm³/mol. The standard InChI is InChI=1S/C13H12ClNO/c1-2-16-12-6-4-3-5-11(12)10-7-8-13(14)15-9-10/h3-9H,2H2,1H3. The van der Waals surface area contributed by atoms with Gasteiger partial charge in [0.1, 0.15) is 10.9 Å². The van der Waals surface area contributed by atoms with Crippen molar-refractivity contribution in [2.75, 3.05) is 6.61 Å². The SMILES string of the molecule is CCOc1ccccc1-c1ccc(Cl)nc1. The van der Waals surface area contributed by atoms with Gasteiger partial charge in [-0.1, -0.05) is 29.8 Å². The maximum atomic E-state index is 5.76. The van der Waals surface area contributed by atoms with E-state index >= 15 is 0 Å². The van der Waals surface area contributed by atoms with Gasteiger partial charge in [0.05, 0.1) is 6.61 Å². The number of aromatic nitrogens is 1. The fourth-order valence-electron chi connectivity index (χ4n) is 1.52. The topological polar surface area (TPSA) is 22.1 Å². The summed E-state index contributed by atoms with van der Waals surface area (Å²) in [4.78, 5) is 4.07. The monoisotopic (exact) mass is 233 g/mol. The van der Waals surface area contributed by atoms with E-state index in [4.69, 9.17) is 16.3 Å². The molecular weight excluding hydrogens is 222 g/mol. The van der Waals surface area contributed by atoms with Crippen molar-refractivity contribution in [3.05, 3.63) is 47.7 Å². The zero-order valence-electron chi connectivity index (χ0n) is 8.98. The van der Waals surface area contributed by atoms with Gasteiger partial charge >= 0.3 is 0 Å². The molecule has 0 unspecified atom stereocenters. The number of benzene rings is 1. The van der Waals surface area contributed by atoms with Gasteiger partial charge < -0.3 is 4.74 Å². The Morgan fingerprint density at radius 1 is 1.19 bits per heavy atom. The molecule has 0 saturated heterocycles. The Hall–Kier alpha value is -1.54. The van der Waals surface area contributed by atoms with E-state index in [1.165, 1.54) is 0 Å². The molecule has 0 aliphatic rings. The first-order valence-electron chi connectivity index (χ1n) is 5.15. The number of halogens is 1. The fourth-order valence-corrected chi connectivity index (χ4v) is 1.63. The molecule has 0 aliphatic carbocycles. The molecule has 1 aromatic heterocycles. The molecule has 0 N–H and O–H groups in total. The highest BCUT2D eigenvalue weighted by Crippen LogP contribution is 2.29. The molecule has 0 spiro atoms. The summed E-state index contributed by atoms with van der Waals surface area (Å²) >= 11 is 5.76. The Morgan fingerprint density at radius 2 is 2.00 bits per heavy atom. The van der Waals surface area contributed by atoms with E-state index < -0.39 is 0 Å². The third kappa shape index (κ3) is 2.34. The Balaban J connectivity index is 2.42. The van der Waals surface area contributed by atoms with Gasteiger partial charge in [-0.25, -0.2) is 4.98 Å². The molecule has 0 saturated carbocycles. The van der Waals surface area contributed by atoms with E-state index in [2.05, 4.69) is 4.98 Å². The van der Waals surface area contributed by atoms with Crippen LogP contribution in [0.15, 0.2) is 42.6 Å². The van der Waals surface area contributed by atoms with Gasteiger partial charge in [-0.05, 0) is 25.1 Å². The smallest absolute Gasteiger partial charge is 0.129 e. The molecule has 2 aromatic rings. The Kier molecular flexibility index (Phi) is 3.42. The number of para-hydroxylation sites is 1. The van der Waals surface area contributed by atoms with Gasteiger partial charge in [0.15, 0.2) is 0 Å². The quantitative estimate of drug-likeness (QED) is 0.753. The average Bonchev–Trinajstić information content (AvgIpc) is 2.32. The van der Waals surface area contributed by atoms with Gasteiger partial charge in [0.25, 0.3) is 0 Å². The minimum absolute atomic E-state index is 0.498. The first-order valence-corrected chi connectivity index (χ1v) is 5.53. The van der Waals surface area contributed by atoms with Crippen molar-refractivity contribution < 1.29 is 4.74 Å². The molecular formula is C13H12ClNO. The van der Waals surface area contributed by atoms with Crippen LogP contribution in [-0.4, -0.2) is 11.6 Å². The summed E-state index contributed by atoms with van der Waals surface area (Å²) in [6.45, 7) is 2.62. The first kappa shape index (κ1) is 11.0. The van der Waals surface area contributed by atoms with Crippen LogP contribution in [0, 0.1) is 0 Å². The molecule has 3 heteroatoms. The highest BCUT2D eigenvalue weighted by Gasteiger charge is 2.05. The number of hydrogen-bond acceptors (Lipinski definition) is 2. The zero-order valence-corrected chi connectivity index (χ0v) is 9.74. The summed E-state index contributed by atoms with van der Waals surface area (Å²) in [5.41, 5.74) is 2.04. The molecule has 0 radical (unpaired) electrons. The van der Waals surface area contributed by atoms with E-state index in [0.717, 1.165) is 16.9 Å². The van der Waals surface area contributed by atoms with Gasteiger partial charge in [0.2, 0.25) is 0 Å². The van der Waals surface area contributed by atoms with E-state index in [1.54, 1.807) is 12.3 Å². The Morgan fingerprint density at radius 3 is 2.69 bits per heavy atom. The maximum absolute atomic E-state index is 5.76. The molecule has 0 aliphatic heterocycles. The summed E-state index contributed by atoms with van der Waals surface area (Å²) in [5, 5.41) is 0.498. The average molecular weight is 234 g/mol. The summed E-state index contributed by atoms with van der Waals surface area (Å²) in [7, 11) is 0. The number of hydrogen-bond donors (Lipinski definition) is 0. The molecule has 1 heterocycles. The third-order valence-corrected chi connectivity index (χ3v) is 2.45. The summed E-state index contributed by atoms with van der Waals surface area (Å²) in [6, 6.07) is 11.6. The second-order valence-electron chi connectivity index (χ2n) is 3.30. The summed E-state index contributed by atoms with van der Waals surface area (Å²) in [6.07, 6.45) is 1.75. The lowest BCUT2D eigenvalue weighted by atomic mass is 10.1. The highest BCUT2D eigenvalue weighted by molar-refractivity contribution is 6.29. The van der Waals surface area contributed by atoms with Gasteiger partial charge in [-0.3, -0.25) is 0 Å². The fraction of sp³-hybridized carbons (Fsp3) is 0.154. The van der Waals surface area contributed by atoms with Crippen LogP contribution in [0.2, 0.25) is 5.15 Å². The largest absolute Gasteiger partial charge is 0.493 e. The lowest BCUT2D eigenvalue weighted by Crippen LogP contribution is -1.93. The number of nitrogens with zero attached hydrogens (tertiary/aromatic N) is 1. The summed E-state index contributed by atoms with van der Waals surface area (Å²) in [5.74, 6) is 0.870. The Bertz CT molecular complexity index is 468.